The third kappa shape index (κ3) is 2.54. The minimum Gasteiger partial charge on any atom is -0.494 e. The van der Waals surface area contributed by atoms with Crippen LogP contribution in [0.2, 0.25) is 0 Å². The van der Waals surface area contributed by atoms with E-state index in [9.17, 15) is 0 Å². The van der Waals surface area contributed by atoms with E-state index in [0.29, 0.717) is 16.9 Å². The average Bonchev–Trinajstić information content (AvgIpc) is 2.93. The van der Waals surface area contributed by atoms with Crippen molar-refractivity contribution in [1.82, 2.24) is 0 Å². The molecule has 2 aliphatic rings. The van der Waals surface area contributed by atoms with E-state index >= 15 is 0 Å². The van der Waals surface area contributed by atoms with Gasteiger partial charge in [-0.3, -0.25) is 0 Å². The van der Waals surface area contributed by atoms with Gasteiger partial charge >= 0.3 is 0 Å². The molecular weight excluding hydrogens is 258 g/mol. The maximum absolute atomic E-state index is 5.76. The molecule has 3 atom stereocenters. The highest BCUT2D eigenvalue weighted by Gasteiger charge is 2.59. The molecule has 21 heavy (non-hydrogen) atoms. The van der Waals surface area contributed by atoms with E-state index in [4.69, 9.17) is 4.74 Å². The van der Waals surface area contributed by atoms with Crippen molar-refractivity contribution in [3.63, 3.8) is 0 Å². The normalized spacial score (nSPS) is 33.1. The molecule has 3 rings (SSSR count). The third-order valence-electron chi connectivity index (χ3n) is 5.89. The van der Waals surface area contributed by atoms with Gasteiger partial charge in [0.15, 0.2) is 0 Å². The number of benzene rings is 1. The molecule has 0 amide bonds. The van der Waals surface area contributed by atoms with Crippen LogP contribution in [0.25, 0.3) is 0 Å². The minimum atomic E-state index is 0.382. The maximum Gasteiger partial charge on any atom is 0.121 e. The molecule has 2 fully saturated rings. The molecule has 0 aromatic heterocycles. The Morgan fingerprint density at radius 1 is 1.29 bits per heavy atom. The Morgan fingerprint density at radius 3 is 2.76 bits per heavy atom. The minimum absolute atomic E-state index is 0.382. The number of nitrogens with one attached hydrogen (secondary N) is 1. The zero-order chi connectivity index (χ0) is 15.1. The lowest BCUT2D eigenvalue weighted by atomic mass is 9.68. The van der Waals surface area contributed by atoms with Crippen molar-refractivity contribution in [1.29, 1.82) is 0 Å². The van der Waals surface area contributed by atoms with Gasteiger partial charge in [0.1, 0.15) is 5.75 Å². The fourth-order valence-electron chi connectivity index (χ4n) is 4.72. The second kappa shape index (κ2) is 5.23. The summed E-state index contributed by atoms with van der Waals surface area (Å²) >= 11 is 0. The second-order valence-electron chi connectivity index (χ2n) is 7.87. The molecule has 0 spiro atoms. The van der Waals surface area contributed by atoms with Crippen molar-refractivity contribution >= 4 is 5.69 Å². The molecule has 2 saturated carbocycles. The quantitative estimate of drug-likeness (QED) is 0.813. The van der Waals surface area contributed by atoms with Crippen LogP contribution in [0, 0.1) is 16.7 Å². The number of anilines is 1. The molecule has 0 heterocycles. The molecule has 1 aromatic rings. The first-order valence-corrected chi connectivity index (χ1v) is 8.45. The predicted octanol–water partition coefficient (Wildman–Crippen LogP) is 5.10. The maximum atomic E-state index is 5.76. The summed E-state index contributed by atoms with van der Waals surface area (Å²) in [7, 11) is 0. The molecule has 2 aliphatic carbocycles. The fraction of sp³-hybridized carbons (Fsp3) is 0.684. The van der Waals surface area contributed by atoms with Gasteiger partial charge in [0.05, 0.1) is 6.61 Å². The number of ether oxygens (including phenoxy) is 1. The fourth-order valence-corrected chi connectivity index (χ4v) is 4.72. The first-order chi connectivity index (χ1) is 9.95. The van der Waals surface area contributed by atoms with E-state index in [1.54, 1.807) is 0 Å². The van der Waals surface area contributed by atoms with Crippen LogP contribution in [-0.2, 0) is 0 Å². The average molecular weight is 287 g/mol. The van der Waals surface area contributed by atoms with Crippen molar-refractivity contribution in [2.24, 2.45) is 16.7 Å². The van der Waals surface area contributed by atoms with E-state index in [1.807, 2.05) is 0 Å². The van der Waals surface area contributed by atoms with Crippen LogP contribution in [0.15, 0.2) is 24.3 Å². The standard InChI is InChI=1S/C19H29NO/c1-5-11-21-16-8-6-7-15(12-16)20-17-18(2,3)14-9-10-19(17,4)13-14/h6-8,12,14,17,20H,5,9-11,13H2,1-4H3. The Balaban J connectivity index is 1.77. The molecule has 2 heteroatoms. The lowest BCUT2D eigenvalue weighted by Crippen LogP contribution is -2.45. The Kier molecular flexibility index (Phi) is 3.67. The van der Waals surface area contributed by atoms with Gasteiger partial charge in [-0.05, 0) is 54.6 Å². The predicted molar refractivity (Wildman–Crippen MR) is 88.9 cm³/mol. The third-order valence-corrected chi connectivity index (χ3v) is 5.89. The van der Waals surface area contributed by atoms with Crippen molar-refractivity contribution in [3.05, 3.63) is 24.3 Å². The van der Waals surface area contributed by atoms with Gasteiger partial charge in [0.2, 0.25) is 0 Å². The molecule has 0 radical (unpaired) electrons. The first kappa shape index (κ1) is 14.7. The van der Waals surface area contributed by atoms with Crippen molar-refractivity contribution in [3.8, 4) is 5.75 Å². The van der Waals surface area contributed by atoms with Crippen LogP contribution in [0.3, 0.4) is 0 Å². The van der Waals surface area contributed by atoms with Gasteiger partial charge < -0.3 is 10.1 Å². The SMILES string of the molecule is CCCOc1cccc(NC2C3(C)CCC(C3)C2(C)C)c1. The summed E-state index contributed by atoms with van der Waals surface area (Å²) in [5.74, 6) is 1.85. The summed E-state index contributed by atoms with van der Waals surface area (Å²) in [5.41, 5.74) is 2.04. The zero-order valence-corrected chi connectivity index (χ0v) is 13.9. The Hall–Kier alpha value is -1.18. The van der Waals surface area contributed by atoms with E-state index < -0.39 is 0 Å². The van der Waals surface area contributed by atoms with Gasteiger partial charge in [-0.15, -0.1) is 0 Å². The van der Waals surface area contributed by atoms with Crippen LogP contribution < -0.4 is 10.1 Å². The van der Waals surface area contributed by atoms with Crippen LogP contribution in [0.5, 0.6) is 5.75 Å². The van der Waals surface area contributed by atoms with Gasteiger partial charge in [0, 0.05) is 17.8 Å². The summed E-state index contributed by atoms with van der Waals surface area (Å²) in [6.45, 7) is 10.3. The smallest absolute Gasteiger partial charge is 0.121 e. The Labute approximate surface area is 129 Å². The lowest BCUT2D eigenvalue weighted by Gasteiger charge is -2.43. The Morgan fingerprint density at radius 2 is 2.10 bits per heavy atom. The lowest BCUT2D eigenvalue weighted by molar-refractivity contribution is 0.155. The van der Waals surface area contributed by atoms with E-state index in [0.717, 1.165) is 24.7 Å². The topological polar surface area (TPSA) is 21.3 Å². The zero-order valence-electron chi connectivity index (χ0n) is 13.9. The van der Waals surface area contributed by atoms with E-state index in [1.165, 1.54) is 24.9 Å². The molecule has 0 aliphatic heterocycles. The molecule has 3 unspecified atom stereocenters. The summed E-state index contributed by atoms with van der Waals surface area (Å²) < 4.78 is 5.76. The van der Waals surface area contributed by atoms with Crippen LogP contribution in [0.1, 0.15) is 53.4 Å². The second-order valence-corrected chi connectivity index (χ2v) is 7.87. The number of fused-ring (bicyclic) bond motifs is 2. The van der Waals surface area contributed by atoms with Crippen LogP contribution in [0.4, 0.5) is 5.69 Å². The van der Waals surface area contributed by atoms with Crippen LogP contribution >= 0.6 is 0 Å². The number of rotatable bonds is 5. The van der Waals surface area contributed by atoms with E-state index in [2.05, 4.69) is 57.3 Å². The van der Waals surface area contributed by atoms with E-state index in [-0.39, 0.29) is 0 Å². The van der Waals surface area contributed by atoms with Crippen molar-refractivity contribution < 1.29 is 4.74 Å². The molecule has 2 bridgehead atoms. The summed E-state index contributed by atoms with van der Waals surface area (Å²) in [6, 6.07) is 9.03. The van der Waals surface area contributed by atoms with Crippen molar-refractivity contribution in [2.75, 3.05) is 11.9 Å². The Bertz CT molecular complexity index is 505. The molecule has 1 aromatic carbocycles. The summed E-state index contributed by atoms with van der Waals surface area (Å²) in [5, 5.41) is 3.84. The molecule has 0 saturated heterocycles. The summed E-state index contributed by atoms with van der Waals surface area (Å²) in [6.07, 6.45) is 5.20. The highest BCUT2D eigenvalue weighted by atomic mass is 16.5. The first-order valence-electron chi connectivity index (χ1n) is 8.45. The largest absolute Gasteiger partial charge is 0.494 e. The highest BCUT2D eigenvalue weighted by molar-refractivity contribution is 5.50. The molecule has 2 nitrogen and oxygen atoms in total. The molecule has 116 valence electrons. The number of hydrogen-bond donors (Lipinski definition) is 1. The molecular formula is C19H29NO. The van der Waals surface area contributed by atoms with Crippen LogP contribution in [-0.4, -0.2) is 12.6 Å². The van der Waals surface area contributed by atoms with Crippen molar-refractivity contribution in [2.45, 2.75) is 59.4 Å². The highest BCUT2D eigenvalue weighted by Crippen LogP contribution is 2.63. The molecule has 1 N–H and O–H groups in total. The van der Waals surface area contributed by atoms with Gasteiger partial charge in [-0.2, -0.15) is 0 Å². The number of hydrogen-bond acceptors (Lipinski definition) is 2. The summed E-state index contributed by atoms with van der Waals surface area (Å²) in [4.78, 5) is 0. The van der Waals surface area contributed by atoms with Gasteiger partial charge in [-0.1, -0.05) is 33.8 Å². The monoisotopic (exact) mass is 287 g/mol. The van der Waals surface area contributed by atoms with Gasteiger partial charge in [0.25, 0.3) is 0 Å². The van der Waals surface area contributed by atoms with Gasteiger partial charge in [-0.25, -0.2) is 0 Å².